The molecule has 0 heterocycles. The van der Waals surface area contributed by atoms with Crippen LogP contribution in [0.15, 0.2) is 12.2 Å². The first-order chi connectivity index (χ1) is 18.3. The number of hydrogen-bond donors (Lipinski definition) is 1. The molecular formula is C36H58O4. The van der Waals surface area contributed by atoms with E-state index in [0.29, 0.717) is 34.0 Å². The average molecular weight is 555 g/mol. The van der Waals surface area contributed by atoms with Crippen LogP contribution in [0.2, 0.25) is 0 Å². The fourth-order valence-electron chi connectivity index (χ4n) is 12.3. The molecule has 5 aliphatic carbocycles. The van der Waals surface area contributed by atoms with Crippen LogP contribution in [0.25, 0.3) is 0 Å². The molecule has 4 nitrogen and oxygen atoms in total. The highest BCUT2D eigenvalue weighted by molar-refractivity contribution is 5.81. The minimum atomic E-state index is -1.11. The molecule has 0 spiro atoms. The second-order valence-corrected chi connectivity index (χ2v) is 17.5. The Morgan fingerprint density at radius 3 is 2.15 bits per heavy atom. The van der Waals surface area contributed by atoms with Crippen molar-refractivity contribution in [3.05, 3.63) is 12.2 Å². The van der Waals surface area contributed by atoms with Crippen molar-refractivity contribution in [3.63, 3.8) is 0 Å². The Labute approximate surface area is 244 Å². The average Bonchev–Trinajstić information content (AvgIpc) is 3.19. The maximum absolute atomic E-state index is 12.9. The first-order valence-electron chi connectivity index (χ1n) is 16.4. The summed E-state index contributed by atoms with van der Waals surface area (Å²) in [6, 6.07) is 0. The van der Waals surface area contributed by atoms with Crippen molar-refractivity contribution >= 4 is 11.9 Å². The number of fused-ring (bicyclic) bond motifs is 7. The Balaban J connectivity index is 1.40. The van der Waals surface area contributed by atoms with E-state index in [-0.39, 0.29) is 29.3 Å². The van der Waals surface area contributed by atoms with E-state index in [1.807, 2.05) is 0 Å². The number of hydrogen-bond acceptors (Lipinski definition) is 3. The summed E-state index contributed by atoms with van der Waals surface area (Å²) in [5, 5.41) is 9.52. The van der Waals surface area contributed by atoms with Crippen molar-refractivity contribution in [2.45, 2.75) is 139 Å². The fraction of sp³-hybridized carbons (Fsp3) is 0.889. The lowest BCUT2D eigenvalue weighted by molar-refractivity contribution is -0.249. The molecule has 5 saturated carbocycles. The summed E-state index contributed by atoms with van der Waals surface area (Å²) < 4.78 is 6.14. The largest absolute Gasteiger partial charge is 0.481 e. The normalized spacial score (nSPS) is 47.7. The Bertz CT molecular complexity index is 1070. The monoisotopic (exact) mass is 554 g/mol. The summed E-state index contributed by atoms with van der Waals surface area (Å²) in [4.78, 5) is 24.6. The van der Waals surface area contributed by atoms with Gasteiger partial charge in [-0.3, -0.25) is 9.59 Å². The van der Waals surface area contributed by atoms with Gasteiger partial charge in [0.1, 0.15) is 6.10 Å². The van der Waals surface area contributed by atoms with Gasteiger partial charge in [0.2, 0.25) is 0 Å². The Morgan fingerprint density at radius 1 is 0.850 bits per heavy atom. The van der Waals surface area contributed by atoms with E-state index in [2.05, 4.69) is 55.0 Å². The van der Waals surface area contributed by atoms with E-state index in [1.54, 1.807) is 13.8 Å². The van der Waals surface area contributed by atoms with E-state index >= 15 is 0 Å². The van der Waals surface area contributed by atoms with Crippen LogP contribution in [-0.4, -0.2) is 23.1 Å². The number of rotatable bonds is 5. The summed E-state index contributed by atoms with van der Waals surface area (Å²) in [6.45, 7) is 25.2. The highest BCUT2D eigenvalue weighted by atomic mass is 16.5. The fourth-order valence-corrected chi connectivity index (χ4v) is 12.3. The molecule has 5 fully saturated rings. The number of allylic oxidation sites excluding steroid dienone is 1. The lowest BCUT2D eigenvalue weighted by atomic mass is 9.32. The van der Waals surface area contributed by atoms with Crippen LogP contribution < -0.4 is 0 Å². The lowest BCUT2D eigenvalue weighted by Crippen LogP contribution is -2.66. The first-order valence-corrected chi connectivity index (χ1v) is 16.4. The molecule has 5 aliphatic rings. The number of carboxylic acid groups (broad SMARTS) is 1. The Kier molecular flexibility index (Phi) is 7.04. The minimum Gasteiger partial charge on any atom is -0.481 e. The van der Waals surface area contributed by atoms with E-state index in [4.69, 9.17) is 4.74 Å². The van der Waals surface area contributed by atoms with Crippen LogP contribution in [-0.2, 0) is 14.3 Å². The molecule has 0 aliphatic heterocycles. The van der Waals surface area contributed by atoms with Crippen molar-refractivity contribution in [2.24, 2.45) is 62.1 Å². The van der Waals surface area contributed by atoms with Gasteiger partial charge in [0.05, 0.1) is 11.8 Å². The highest BCUT2D eigenvalue weighted by Gasteiger charge is 2.70. The third kappa shape index (κ3) is 4.10. The standard InChI is InChI=1S/C36H58O4/c1-22(2)23-13-16-33(7)19-20-35(9)24(29(23)33)11-12-26-34(8)17-15-27(40-28(37)21-31(3,4)30(38)39)32(5,6)25(34)14-18-36(26,35)10/h23-27,29H,1,11-21H2,2-10H3,(H,38,39)/t23-,24+,25-,26+,27?,29+,33+,34-,35+,36+/m0/s1. The molecule has 0 aromatic carbocycles. The molecule has 4 heteroatoms. The minimum absolute atomic E-state index is 0.0808. The zero-order valence-electron chi connectivity index (χ0n) is 27.1. The van der Waals surface area contributed by atoms with Crippen LogP contribution in [0.5, 0.6) is 0 Å². The summed E-state index contributed by atoms with van der Waals surface area (Å²) in [6.07, 6.45) is 12.3. The van der Waals surface area contributed by atoms with Crippen molar-refractivity contribution in [1.29, 1.82) is 0 Å². The zero-order valence-corrected chi connectivity index (χ0v) is 27.1. The van der Waals surface area contributed by atoms with Crippen LogP contribution in [0.4, 0.5) is 0 Å². The molecule has 5 rings (SSSR count). The third-order valence-corrected chi connectivity index (χ3v) is 14.9. The number of aliphatic carboxylic acids is 1. The summed E-state index contributed by atoms with van der Waals surface area (Å²) in [5.41, 5.74) is 1.59. The molecule has 226 valence electrons. The zero-order chi connectivity index (χ0) is 29.7. The van der Waals surface area contributed by atoms with Crippen LogP contribution in [0.3, 0.4) is 0 Å². The lowest BCUT2D eigenvalue weighted by Gasteiger charge is -2.73. The van der Waals surface area contributed by atoms with Crippen LogP contribution in [0, 0.1) is 62.1 Å². The number of carboxylic acids is 1. The number of carbonyl (C=O) groups excluding carboxylic acids is 1. The predicted octanol–water partition coefficient (Wildman–Crippen LogP) is 9.08. The summed E-state index contributed by atoms with van der Waals surface area (Å²) >= 11 is 0. The van der Waals surface area contributed by atoms with Crippen LogP contribution in [0.1, 0.15) is 133 Å². The van der Waals surface area contributed by atoms with Crippen molar-refractivity contribution < 1.29 is 19.4 Å². The van der Waals surface area contributed by atoms with Gasteiger partial charge in [-0.25, -0.2) is 0 Å². The molecule has 0 radical (unpaired) electrons. The summed E-state index contributed by atoms with van der Waals surface area (Å²) in [7, 11) is 0. The number of ether oxygens (including phenoxy) is 1. The molecule has 1 unspecified atom stereocenters. The summed E-state index contributed by atoms with van der Waals surface area (Å²) in [5.74, 6) is 2.14. The quantitative estimate of drug-likeness (QED) is 0.272. The SMILES string of the molecule is C=C(C)[C@@H]1CC[C@]2(C)CC[C@]3(C)[C@H](CC[C@@H]4[C@@]5(C)CCC(OC(=O)CC(C)(C)C(=O)O)C(C)(C)[C@@H]5CC[C@]43C)[C@@H]12. The van der Waals surface area contributed by atoms with Gasteiger partial charge < -0.3 is 9.84 Å². The second-order valence-electron chi connectivity index (χ2n) is 17.5. The molecule has 0 bridgehead atoms. The van der Waals surface area contributed by atoms with Gasteiger partial charge >= 0.3 is 11.9 Å². The third-order valence-electron chi connectivity index (χ3n) is 14.9. The van der Waals surface area contributed by atoms with Crippen LogP contribution >= 0.6 is 0 Å². The van der Waals surface area contributed by atoms with Crippen molar-refractivity contribution in [1.82, 2.24) is 0 Å². The smallest absolute Gasteiger partial charge is 0.309 e. The second kappa shape index (κ2) is 9.34. The molecule has 0 aromatic heterocycles. The highest BCUT2D eigenvalue weighted by Crippen LogP contribution is 2.77. The molecule has 40 heavy (non-hydrogen) atoms. The number of esters is 1. The van der Waals surface area contributed by atoms with E-state index in [1.165, 1.54) is 56.9 Å². The van der Waals surface area contributed by atoms with Crippen molar-refractivity contribution in [3.8, 4) is 0 Å². The first kappa shape index (κ1) is 30.1. The van der Waals surface area contributed by atoms with Gasteiger partial charge in [-0.05, 0) is 136 Å². The van der Waals surface area contributed by atoms with Gasteiger partial charge in [0.25, 0.3) is 0 Å². The van der Waals surface area contributed by atoms with Crippen molar-refractivity contribution in [2.75, 3.05) is 0 Å². The number of carbonyl (C=O) groups is 2. The van der Waals surface area contributed by atoms with Gasteiger partial charge in [0, 0.05) is 5.41 Å². The Hall–Kier alpha value is -1.32. The van der Waals surface area contributed by atoms with E-state index in [9.17, 15) is 14.7 Å². The molecule has 0 amide bonds. The van der Waals surface area contributed by atoms with Gasteiger partial charge in [-0.2, -0.15) is 0 Å². The van der Waals surface area contributed by atoms with Gasteiger partial charge in [0.15, 0.2) is 0 Å². The van der Waals surface area contributed by atoms with Gasteiger partial charge in [-0.15, -0.1) is 0 Å². The molecule has 10 atom stereocenters. The van der Waals surface area contributed by atoms with E-state index in [0.717, 1.165) is 24.7 Å². The Morgan fingerprint density at radius 2 is 1.52 bits per heavy atom. The predicted molar refractivity (Wildman–Crippen MR) is 161 cm³/mol. The molecule has 0 saturated heterocycles. The maximum Gasteiger partial charge on any atom is 0.309 e. The van der Waals surface area contributed by atoms with E-state index < -0.39 is 11.4 Å². The molecule has 0 aromatic rings. The maximum atomic E-state index is 12.9. The topological polar surface area (TPSA) is 63.6 Å². The molecule has 1 N–H and O–H groups in total. The molecular weight excluding hydrogens is 496 g/mol. The van der Waals surface area contributed by atoms with Gasteiger partial charge in [-0.1, -0.05) is 53.7 Å².